The van der Waals surface area contributed by atoms with E-state index in [-0.39, 0.29) is 11.8 Å². The Bertz CT molecular complexity index is 457. The molecule has 1 unspecified atom stereocenters. The largest absolute Gasteiger partial charge is 0.497 e. The van der Waals surface area contributed by atoms with Gasteiger partial charge in [0.25, 0.3) is 0 Å². The van der Waals surface area contributed by atoms with Gasteiger partial charge >= 0.3 is 0 Å². The maximum Gasteiger partial charge on any atom is 0.228 e. The number of carbonyl (C=O) groups is 1. The van der Waals surface area contributed by atoms with Crippen molar-refractivity contribution in [2.75, 3.05) is 40.6 Å². The average Bonchev–Trinajstić information content (AvgIpc) is 3.05. The molecule has 0 aliphatic carbocycles. The molecule has 1 aromatic carbocycles. The van der Waals surface area contributed by atoms with Crippen LogP contribution in [0.25, 0.3) is 0 Å². The Hall–Kier alpha value is -1.59. The number of rotatable bonds is 7. The van der Waals surface area contributed by atoms with Gasteiger partial charge in [-0.15, -0.1) is 0 Å². The van der Waals surface area contributed by atoms with Crippen molar-refractivity contribution in [3.63, 3.8) is 0 Å². The van der Waals surface area contributed by atoms with E-state index in [2.05, 4.69) is 0 Å². The summed E-state index contributed by atoms with van der Waals surface area (Å²) >= 11 is 0. The molecule has 21 heavy (non-hydrogen) atoms. The maximum atomic E-state index is 12.6. The van der Waals surface area contributed by atoms with Crippen LogP contribution in [0.15, 0.2) is 24.3 Å². The van der Waals surface area contributed by atoms with Gasteiger partial charge in [0, 0.05) is 26.8 Å². The van der Waals surface area contributed by atoms with E-state index in [1.807, 2.05) is 29.2 Å². The fraction of sp³-hybridized carbons (Fsp3) is 0.562. The zero-order valence-electron chi connectivity index (χ0n) is 12.7. The Labute approximate surface area is 125 Å². The second-order valence-electron chi connectivity index (χ2n) is 5.16. The molecule has 5 heteroatoms. The monoisotopic (exact) mass is 293 g/mol. The molecule has 1 amide bonds. The Morgan fingerprint density at radius 1 is 1.43 bits per heavy atom. The van der Waals surface area contributed by atoms with Crippen LogP contribution >= 0.6 is 0 Å². The van der Waals surface area contributed by atoms with Crippen molar-refractivity contribution < 1.29 is 19.0 Å². The first-order chi connectivity index (χ1) is 10.2. The molecule has 0 radical (unpaired) electrons. The van der Waals surface area contributed by atoms with Crippen LogP contribution in [0.2, 0.25) is 0 Å². The predicted molar refractivity (Wildman–Crippen MR) is 79.2 cm³/mol. The summed E-state index contributed by atoms with van der Waals surface area (Å²) in [6.07, 6.45) is 0.806. The lowest BCUT2D eigenvalue weighted by Crippen LogP contribution is -2.38. The van der Waals surface area contributed by atoms with Crippen LogP contribution in [0.3, 0.4) is 0 Å². The van der Waals surface area contributed by atoms with Crippen LogP contribution in [0, 0.1) is 5.92 Å². The lowest BCUT2D eigenvalue weighted by Gasteiger charge is -2.25. The van der Waals surface area contributed by atoms with Gasteiger partial charge in [0.1, 0.15) is 5.75 Å². The second kappa shape index (κ2) is 8.00. The van der Waals surface area contributed by atoms with Crippen molar-refractivity contribution in [3.8, 4) is 5.75 Å². The number of nitrogens with zero attached hydrogens (tertiary/aromatic N) is 1. The molecule has 0 aromatic heterocycles. The summed E-state index contributed by atoms with van der Waals surface area (Å²) in [7, 11) is 3.29. The van der Waals surface area contributed by atoms with Gasteiger partial charge in [0.15, 0.2) is 0 Å². The predicted octanol–water partition coefficient (Wildman–Crippen LogP) is 1.71. The molecule has 116 valence electrons. The van der Waals surface area contributed by atoms with E-state index in [0.717, 1.165) is 17.7 Å². The highest BCUT2D eigenvalue weighted by atomic mass is 16.5. The van der Waals surface area contributed by atoms with Crippen molar-refractivity contribution >= 4 is 5.91 Å². The molecule has 1 fully saturated rings. The Balaban J connectivity index is 2.05. The van der Waals surface area contributed by atoms with Crippen LogP contribution in [0.1, 0.15) is 12.0 Å². The Morgan fingerprint density at radius 3 is 2.95 bits per heavy atom. The number of methoxy groups -OCH3 is 2. The van der Waals surface area contributed by atoms with Crippen molar-refractivity contribution in [1.82, 2.24) is 4.90 Å². The highest BCUT2D eigenvalue weighted by Gasteiger charge is 2.27. The first-order valence-corrected chi connectivity index (χ1v) is 7.23. The Morgan fingerprint density at radius 2 is 2.29 bits per heavy atom. The zero-order chi connectivity index (χ0) is 15.1. The molecule has 1 saturated heterocycles. The normalized spacial score (nSPS) is 17.7. The summed E-state index contributed by atoms with van der Waals surface area (Å²) in [6, 6.07) is 7.79. The molecule has 0 saturated carbocycles. The highest BCUT2D eigenvalue weighted by Crippen LogP contribution is 2.19. The van der Waals surface area contributed by atoms with E-state index in [0.29, 0.717) is 32.9 Å². The molecular formula is C16H23NO4. The summed E-state index contributed by atoms with van der Waals surface area (Å²) < 4.78 is 15.7. The summed E-state index contributed by atoms with van der Waals surface area (Å²) in [5.74, 6) is 0.927. The number of ether oxygens (including phenoxy) is 3. The number of carbonyl (C=O) groups excluding carboxylic acids is 1. The van der Waals surface area contributed by atoms with Crippen molar-refractivity contribution in [1.29, 1.82) is 0 Å². The molecule has 2 rings (SSSR count). The van der Waals surface area contributed by atoms with E-state index in [1.165, 1.54) is 0 Å². The fourth-order valence-electron chi connectivity index (χ4n) is 2.45. The van der Waals surface area contributed by atoms with E-state index >= 15 is 0 Å². The van der Waals surface area contributed by atoms with Gasteiger partial charge < -0.3 is 19.1 Å². The topological polar surface area (TPSA) is 48.0 Å². The smallest absolute Gasteiger partial charge is 0.228 e. The van der Waals surface area contributed by atoms with Crippen molar-refractivity contribution in [3.05, 3.63) is 29.8 Å². The standard InChI is InChI=1S/C16H23NO4/c1-19-9-7-17(16(18)14-6-8-21-12-14)11-13-4-3-5-15(10-13)20-2/h3-5,10,14H,6-9,11-12H2,1-2H3. The van der Waals surface area contributed by atoms with Gasteiger partial charge in [-0.2, -0.15) is 0 Å². The minimum Gasteiger partial charge on any atom is -0.497 e. The molecular weight excluding hydrogens is 270 g/mol. The molecule has 0 bridgehead atoms. The van der Waals surface area contributed by atoms with E-state index in [1.54, 1.807) is 14.2 Å². The number of hydrogen-bond acceptors (Lipinski definition) is 4. The lowest BCUT2D eigenvalue weighted by molar-refractivity contribution is -0.136. The van der Waals surface area contributed by atoms with Gasteiger partial charge in [-0.05, 0) is 24.1 Å². The van der Waals surface area contributed by atoms with Crippen LogP contribution in [-0.2, 0) is 20.8 Å². The van der Waals surface area contributed by atoms with Crippen LogP contribution in [0.5, 0.6) is 5.75 Å². The van der Waals surface area contributed by atoms with E-state index in [9.17, 15) is 4.79 Å². The third-order valence-corrected chi connectivity index (χ3v) is 3.66. The van der Waals surface area contributed by atoms with Crippen LogP contribution < -0.4 is 4.74 Å². The van der Waals surface area contributed by atoms with Gasteiger partial charge in [0.05, 0.1) is 26.2 Å². The summed E-state index contributed by atoms with van der Waals surface area (Å²) in [5, 5.41) is 0. The minimum atomic E-state index is -0.0209. The second-order valence-corrected chi connectivity index (χ2v) is 5.16. The SMILES string of the molecule is COCCN(Cc1cccc(OC)c1)C(=O)C1CCOC1. The minimum absolute atomic E-state index is 0.0209. The Kier molecular flexibility index (Phi) is 6.02. The average molecular weight is 293 g/mol. The third kappa shape index (κ3) is 4.44. The van der Waals surface area contributed by atoms with Crippen molar-refractivity contribution in [2.45, 2.75) is 13.0 Å². The molecule has 1 aromatic rings. The van der Waals surface area contributed by atoms with Crippen molar-refractivity contribution in [2.24, 2.45) is 5.92 Å². The van der Waals surface area contributed by atoms with Crippen LogP contribution in [-0.4, -0.2) is 51.4 Å². The molecule has 0 N–H and O–H groups in total. The number of amides is 1. The van der Waals surface area contributed by atoms with Gasteiger partial charge in [-0.25, -0.2) is 0 Å². The fourth-order valence-corrected chi connectivity index (χ4v) is 2.45. The highest BCUT2D eigenvalue weighted by molar-refractivity contribution is 5.79. The zero-order valence-corrected chi connectivity index (χ0v) is 12.7. The summed E-state index contributed by atoms with van der Waals surface area (Å²) in [5.41, 5.74) is 1.05. The van der Waals surface area contributed by atoms with Gasteiger partial charge in [0.2, 0.25) is 5.91 Å². The molecule has 1 aliphatic heterocycles. The molecule has 1 atom stereocenters. The first-order valence-electron chi connectivity index (χ1n) is 7.23. The number of hydrogen-bond donors (Lipinski definition) is 0. The molecule has 5 nitrogen and oxygen atoms in total. The quantitative estimate of drug-likeness (QED) is 0.768. The lowest BCUT2D eigenvalue weighted by atomic mass is 10.1. The van der Waals surface area contributed by atoms with Gasteiger partial charge in [-0.1, -0.05) is 12.1 Å². The maximum absolute atomic E-state index is 12.6. The summed E-state index contributed by atoms with van der Waals surface area (Å²) in [4.78, 5) is 14.4. The number of benzene rings is 1. The molecule has 1 heterocycles. The van der Waals surface area contributed by atoms with E-state index < -0.39 is 0 Å². The van der Waals surface area contributed by atoms with Crippen LogP contribution in [0.4, 0.5) is 0 Å². The molecule has 0 spiro atoms. The first kappa shape index (κ1) is 15.8. The van der Waals surface area contributed by atoms with E-state index in [4.69, 9.17) is 14.2 Å². The van der Waals surface area contributed by atoms with Gasteiger partial charge in [-0.3, -0.25) is 4.79 Å². The summed E-state index contributed by atoms with van der Waals surface area (Å²) in [6.45, 7) is 2.89. The molecule has 1 aliphatic rings. The third-order valence-electron chi connectivity index (χ3n) is 3.66.